The molecule has 0 saturated carbocycles. The van der Waals surface area contributed by atoms with Crippen molar-refractivity contribution < 1.29 is 9.59 Å². The second-order valence-corrected chi connectivity index (χ2v) is 7.58. The number of benzene rings is 2. The van der Waals surface area contributed by atoms with Crippen LogP contribution in [-0.4, -0.2) is 43.1 Å². The molecule has 8 heteroatoms. The van der Waals surface area contributed by atoms with Crippen LogP contribution in [0.4, 0.5) is 5.69 Å². The molecule has 4 rings (SSSR count). The van der Waals surface area contributed by atoms with Gasteiger partial charge >= 0.3 is 0 Å². The molecule has 0 bridgehead atoms. The van der Waals surface area contributed by atoms with Crippen molar-refractivity contribution in [2.75, 3.05) is 12.4 Å². The summed E-state index contributed by atoms with van der Waals surface area (Å²) in [6.07, 6.45) is 5.39. The van der Waals surface area contributed by atoms with Crippen molar-refractivity contribution in [3.05, 3.63) is 78.0 Å². The molecule has 0 saturated heterocycles. The van der Waals surface area contributed by atoms with Crippen LogP contribution in [0.2, 0.25) is 0 Å². The summed E-state index contributed by atoms with van der Waals surface area (Å²) >= 11 is 0. The molecular formula is C23H24N6O2. The predicted octanol–water partition coefficient (Wildman–Crippen LogP) is 2.99. The Hall–Kier alpha value is -3.94. The van der Waals surface area contributed by atoms with Gasteiger partial charge in [-0.3, -0.25) is 14.3 Å². The number of hydrogen-bond donors (Lipinski definition) is 1. The minimum atomic E-state index is -0.207. The number of rotatable bonds is 6. The van der Waals surface area contributed by atoms with Gasteiger partial charge in [0.1, 0.15) is 12.4 Å². The summed E-state index contributed by atoms with van der Waals surface area (Å²) in [4.78, 5) is 31.3. The van der Waals surface area contributed by atoms with Gasteiger partial charge in [0.2, 0.25) is 5.91 Å². The predicted molar refractivity (Wildman–Crippen MR) is 119 cm³/mol. The summed E-state index contributed by atoms with van der Waals surface area (Å²) < 4.78 is 3.49. The monoisotopic (exact) mass is 416 g/mol. The van der Waals surface area contributed by atoms with Gasteiger partial charge in [-0.2, -0.15) is 5.10 Å². The molecule has 0 fully saturated rings. The maximum atomic E-state index is 12.9. The summed E-state index contributed by atoms with van der Waals surface area (Å²) in [6.45, 7) is 2.37. The van der Waals surface area contributed by atoms with Crippen molar-refractivity contribution in [1.29, 1.82) is 0 Å². The molecule has 0 aliphatic rings. The highest BCUT2D eigenvalue weighted by atomic mass is 16.2. The fraction of sp³-hybridized carbons (Fsp3) is 0.217. The molecule has 0 radical (unpaired) electrons. The van der Waals surface area contributed by atoms with Crippen LogP contribution < -0.4 is 5.32 Å². The summed E-state index contributed by atoms with van der Waals surface area (Å²) in [6, 6.07) is 13.0. The van der Waals surface area contributed by atoms with Crippen LogP contribution in [0.3, 0.4) is 0 Å². The normalized spacial score (nSPS) is 10.9. The van der Waals surface area contributed by atoms with E-state index >= 15 is 0 Å². The van der Waals surface area contributed by atoms with Gasteiger partial charge in [-0.25, -0.2) is 4.98 Å². The van der Waals surface area contributed by atoms with E-state index in [9.17, 15) is 9.59 Å². The largest absolute Gasteiger partial charge is 0.337 e. The first-order valence-corrected chi connectivity index (χ1v) is 9.95. The Kier molecular flexibility index (Phi) is 5.53. The molecule has 4 aromatic rings. The minimum absolute atomic E-state index is 0.0886. The smallest absolute Gasteiger partial charge is 0.254 e. The van der Waals surface area contributed by atoms with Crippen LogP contribution in [0.15, 0.2) is 61.1 Å². The van der Waals surface area contributed by atoms with E-state index in [0.717, 1.165) is 22.3 Å². The number of hydrogen-bond acceptors (Lipinski definition) is 4. The van der Waals surface area contributed by atoms with Gasteiger partial charge in [-0.15, -0.1) is 0 Å². The maximum absolute atomic E-state index is 12.9. The van der Waals surface area contributed by atoms with Crippen LogP contribution in [-0.2, 0) is 24.9 Å². The summed E-state index contributed by atoms with van der Waals surface area (Å²) in [5, 5.41) is 8.30. The van der Waals surface area contributed by atoms with Crippen LogP contribution in [0.25, 0.3) is 10.9 Å². The van der Waals surface area contributed by atoms with E-state index in [1.807, 2.05) is 61.3 Å². The average Bonchev–Trinajstić information content (AvgIpc) is 3.34. The summed E-state index contributed by atoms with van der Waals surface area (Å²) in [5.41, 5.74) is 2.83. The fourth-order valence-electron chi connectivity index (χ4n) is 3.38. The second-order valence-electron chi connectivity index (χ2n) is 7.58. The lowest BCUT2D eigenvalue weighted by molar-refractivity contribution is -0.116. The molecule has 2 amide bonds. The van der Waals surface area contributed by atoms with E-state index in [1.54, 1.807) is 35.0 Å². The highest BCUT2D eigenvalue weighted by molar-refractivity contribution is 5.97. The number of carbonyl (C=O) groups excluding carboxylic acids is 2. The molecule has 8 nitrogen and oxygen atoms in total. The third kappa shape index (κ3) is 4.48. The molecule has 2 aromatic carbocycles. The van der Waals surface area contributed by atoms with E-state index < -0.39 is 0 Å². The maximum Gasteiger partial charge on any atom is 0.254 e. The lowest BCUT2D eigenvalue weighted by atomic mass is 10.1. The van der Waals surface area contributed by atoms with Gasteiger partial charge in [0.05, 0.1) is 12.1 Å². The van der Waals surface area contributed by atoms with E-state index in [4.69, 9.17) is 0 Å². The van der Waals surface area contributed by atoms with Crippen molar-refractivity contribution >= 4 is 28.4 Å². The highest BCUT2D eigenvalue weighted by Crippen LogP contribution is 2.19. The zero-order valence-corrected chi connectivity index (χ0v) is 17.7. The average molecular weight is 416 g/mol. The van der Waals surface area contributed by atoms with E-state index in [0.29, 0.717) is 17.8 Å². The first-order chi connectivity index (χ1) is 14.9. The van der Waals surface area contributed by atoms with Crippen LogP contribution in [0.5, 0.6) is 0 Å². The van der Waals surface area contributed by atoms with Crippen LogP contribution in [0.1, 0.15) is 21.7 Å². The van der Waals surface area contributed by atoms with Crippen molar-refractivity contribution in [2.45, 2.75) is 20.0 Å². The third-order valence-corrected chi connectivity index (χ3v) is 5.17. The van der Waals surface area contributed by atoms with E-state index in [1.165, 1.54) is 0 Å². The van der Waals surface area contributed by atoms with E-state index in [2.05, 4.69) is 15.4 Å². The number of imidazole rings is 1. The molecule has 0 aliphatic heterocycles. The van der Waals surface area contributed by atoms with Crippen molar-refractivity contribution in [3.8, 4) is 0 Å². The number of carbonyl (C=O) groups is 2. The second kappa shape index (κ2) is 8.43. The van der Waals surface area contributed by atoms with Gasteiger partial charge in [0.25, 0.3) is 5.91 Å². The Morgan fingerprint density at radius 2 is 1.97 bits per heavy atom. The lowest BCUT2D eigenvalue weighted by Gasteiger charge is -2.18. The van der Waals surface area contributed by atoms with E-state index in [-0.39, 0.29) is 18.4 Å². The standard InChI is InChI=1S/C23H24N6O2/c1-16-8-9-17(23(31)28(3)14-21-24-10-11-27(21)2)12-20(16)25-22(30)15-29-13-18-6-4-5-7-19(18)26-29/h4-13H,14-15H2,1-3H3,(H,25,30). The van der Waals surface area contributed by atoms with Crippen molar-refractivity contribution in [2.24, 2.45) is 7.05 Å². The number of aromatic nitrogens is 4. The number of aryl methyl sites for hydroxylation is 2. The van der Waals surface area contributed by atoms with Crippen molar-refractivity contribution in [1.82, 2.24) is 24.2 Å². The zero-order chi connectivity index (χ0) is 22.0. The van der Waals surface area contributed by atoms with Gasteiger partial charge in [-0.05, 0) is 30.7 Å². The third-order valence-electron chi connectivity index (χ3n) is 5.17. The molecular weight excluding hydrogens is 392 g/mol. The summed E-state index contributed by atoms with van der Waals surface area (Å²) in [5.74, 6) is 0.446. The Morgan fingerprint density at radius 3 is 2.71 bits per heavy atom. The van der Waals surface area contributed by atoms with Crippen LogP contribution in [0, 0.1) is 6.92 Å². The zero-order valence-electron chi connectivity index (χ0n) is 17.7. The number of nitrogens with zero attached hydrogens (tertiary/aromatic N) is 5. The first-order valence-electron chi connectivity index (χ1n) is 9.95. The molecule has 0 spiro atoms. The Balaban J connectivity index is 1.46. The first kappa shape index (κ1) is 20.3. The summed E-state index contributed by atoms with van der Waals surface area (Å²) in [7, 11) is 3.63. The molecule has 158 valence electrons. The molecule has 0 atom stereocenters. The number of nitrogens with one attached hydrogen (secondary N) is 1. The van der Waals surface area contributed by atoms with Crippen molar-refractivity contribution in [3.63, 3.8) is 0 Å². The Bertz CT molecular complexity index is 1220. The van der Waals surface area contributed by atoms with Gasteiger partial charge in [0.15, 0.2) is 0 Å². The molecule has 2 heterocycles. The van der Waals surface area contributed by atoms with Gasteiger partial charge in [0, 0.05) is 49.3 Å². The Labute approximate surface area is 180 Å². The SMILES string of the molecule is Cc1ccc(C(=O)N(C)Cc2nccn2C)cc1NC(=O)Cn1cc2ccccc2n1. The minimum Gasteiger partial charge on any atom is -0.337 e. The van der Waals surface area contributed by atoms with Crippen LogP contribution >= 0.6 is 0 Å². The quantitative estimate of drug-likeness (QED) is 0.524. The number of anilines is 1. The Morgan fingerprint density at radius 1 is 1.16 bits per heavy atom. The fourth-order valence-corrected chi connectivity index (χ4v) is 3.38. The molecule has 0 aliphatic carbocycles. The topological polar surface area (TPSA) is 85.0 Å². The van der Waals surface area contributed by atoms with Gasteiger partial charge < -0.3 is 14.8 Å². The molecule has 2 aromatic heterocycles. The lowest BCUT2D eigenvalue weighted by Crippen LogP contribution is -2.27. The highest BCUT2D eigenvalue weighted by Gasteiger charge is 2.16. The molecule has 31 heavy (non-hydrogen) atoms. The molecule has 0 unspecified atom stereocenters. The molecule has 1 N–H and O–H groups in total. The van der Waals surface area contributed by atoms with Gasteiger partial charge in [-0.1, -0.05) is 24.3 Å². The number of fused-ring (bicyclic) bond motifs is 1. The number of amides is 2.